The second-order valence-corrected chi connectivity index (χ2v) is 5.36. The molecule has 19 heavy (non-hydrogen) atoms. The molecule has 0 aliphatic rings. The molecule has 2 heterocycles. The highest BCUT2D eigenvalue weighted by atomic mass is 32.1. The van der Waals surface area contributed by atoms with Crippen LogP contribution in [-0.2, 0) is 6.42 Å². The summed E-state index contributed by atoms with van der Waals surface area (Å²) in [7, 11) is 0. The third-order valence-corrected chi connectivity index (χ3v) is 3.07. The van der Waals surface area contributed by atoms with Crippen LogP contribution in [0.3, 0.4) is 0 Å². The van der Waals surface area contributed by atoms with Gasteiger partial charge in [0, 0.05) is 11.3 Å². The molecule has 6 heteroatoms. The molecule has 0 saturated carbocycles. The van der Waals surface area contributed by atoms with E-state index in [2.05, 4.69) is 29.4 Å². The molecular formula is C13H14N4OS. The molecule has 0 radical (unpaired) electrons. The Morgan fingerprint density at radius 1 is 1.63 bits per heavy atom. The maximum Gasteiger partial charge on any atom is 0.252 e. The number of hydrazone groups is 1. The topological polar surface area (TPSA) is 74.2 Å². The van der Waals surface area contributed by atoms with E-state index < -0.39 is 0 Å². The average molecular weight is 274 g/mol. The van der Waals surface area contributed by atoms with Crippen molar-refractivity contribution >= 4 is 23.4 Å². The first-order valence-electron chi connectivity index (χ1n) is 5.91. The van der Waals surface area contributed by atoms with E-state index in [0.29, 0.717) is 24.1 Å². The van der Waals surface area contributed by atoms with Gasteiger partial charge >= 0.3 is 0 Å². The van der Waals surface area contributed by atoms with E-state index in [0.717, 1.165) is 4.88 Å². The molecule has 2 rings (SSSR count). The van der Waals surface area contributed by atoms with Crippen molar-refractivity contribution in [1.82, 2.24) is 4.98 Å². The van der Waals surface area contributed by atoms with Crippen molar-refractivity contribution in [3.8, 4) is 6.07 Å². The highest BCUT2D eigenvalue weighted by Gasteiger charge is 2.13. The molecule has 0 amide bonds. The zero-order chi connectivity index (χ0) is 13.7. The van der Waals surface area contributed by atoms with E-state index in [-0.39, 0.29) is 5.69 Å². The number of oxazole rings is 1. The zero-order valence-corrected chi connectivity index (χ0v) is 11.6. The summed E-state index contributed by atoms with van der Waals surface area (Å²) in [5, 5.41) is 15.0. The lowest BCUT2D eigenvalue weighted by molar-refractivity contribution is 0.466. The summed E-state index contributed by atoms with van der Waals surface area (Å²) < 4.78 is 5.48. The molecular weight excluding hydrogens is 260 g/mol. The first kappa shape index (κ1) is 13.3. The number of thiophene rings is 1. The Labute approximate surface area is 115 Å². The summed E-state index contributed by atoms with van der Waals surface area (Å²) in [6.45, 7) is 4.14. The molecule has 0 fully saturated rings. The van der Waals surface area contributed by atoms with Crippen molar-refractivity contribution in [1.29, 1.82) is 5.26 Å². The number of hydrogen-bond acceptors (Lipinski definition) is 6. The van der Waals surface area contributed by atoms with Crippen molar-refractivity contribution in [2.24, 2.45) is 11.0 Å². The van der Waals surface area contributed by atoms with E-state index >= 15 is 0 Å². The SMILES string of the molecule is CC(C)Cc1nc(C#N)c(N/N=C/c2cccs2)o1. The Bertz CT molecular complexity index is 593. The summed E-state index contributed by atoms with van der Waals surface area (Å²) in [5.41, 5.74) is 2.96. The summed E-state index contributed by atoms with van der Waals surface area (Å²) in [4.78, 5) is 5.14. The second-order valence-electron chi connectivity index (χ2n) is 4.38. The Morgan fingerprint density at radius 3 is 3.11 bits per heavy atom. The predicted molar refractivity (Wildman–Crippen MR) is 75.3 cm³/mol. The number of nitriles is 1. The van der Waals surface area contributed by atoms with Crippen molar-refractivity contribution in [2.45, 2.75) is 20.3 Å². The van der Waals surface area contributed by atoms with Gasteiger partial charge in [0.25, 0.3) is 5.88 Å². The third kappa shape index (κ3) is 3.66. The van der Waals surface area contributed by atoms with Gasteiger partial charge in [-0.3, -0.25) is 0 Å². The minimum atomic E-state index is 0.235. The van der Waals surface area contributed by atoms with E-state index in [1.54, 1.807) is 17.6 Å². The molecule has 0 aliphatic carbocycles. The van der Waals surface area contributed by atoms with Gasteiger partial charge in [-0.05, 0) is 17.4 Å². The summed E-state index contributed by atoms with van der Waals surface area (Å²) in [5.74, 6) is 1.28. The lowest BCUT2D eigenvalue weighted by Crippen LogP contribution is -1.93. The smallest absolute Gasteiger partial charge is 0.252 e. The van der Waals surface area contributed by atoms with Crippen LogP contribution >= 0.6 is 11.3 Å². The second kappa shape index (κ2) is 6.16. The van der Waals surface area contributed by atoms with Gasteiger partial charge in [0.2, 0.25) is 5.69 Å². The molecule has 0 saturated heterocycles. The van der Waals surface area contributed by atoms with Gasteiger partial charge in [0.15, 0.2) is 5.89 Å². The minimum Gasteiger partial charge on any atom is -0.422 e. The van der Waals surface area contributed by atoms with Crippen molar-refractivity contribution < 1.29 is 4.42 Å². The quantitative estimate of drug-likeness (QED) is 0.671. The van der Waals surface area contributed by atoms with Gasteiger partial charge in [0.1, 0.15) is 6.07 Å². The average Bonchev–Trinajstić information content (AvgIpc) is 2.98. The zero-order valence-electron chi connectivity index (χ0n) is 10.8. The van der Waals surface area contributed by atoms with Crippen LogP contribution in [0.25, 0.3) is 0 Å². The maximum atomic E-state index is 8.99. The number of nitrogens with one attached hydrogen (secondary N) is 1. The molecule has 98 valence electrons. The van der Waals surface area contributed by atoms with Gasteiger partial charge in [-0.15, -0.1) is 11.3 Å². The van der Waals surface area contributed by atoms with Crippen LogP contribution in [0.4, 0.5) is 5.88 Å². The molecule has 5 nitrogen and oxygen atoms in total. The minimum absolute atomic E-state index is 0.235. The summed E-state index contributed by atoms with van der Waals surface area (Å²) >= 11 is 1.58. The fourth-order valence-electron chi connectivity index (χ4n) is 1.47. The molecule has 2 aromatic heterocycles. The molecule has 0 unspecified atom stereocenters. The van der Waals surface area contributed by atoms with Crippen molar-refractivity contribution in [2.75, 3.05) is 5.43 Å². The molecule has 0 atom stereocenters. The van der Waals surface area contributed by atoms with Crippen molar-refractivity contribution in [3.05, 3.63) is 34.0 Å². The number of anilines is 1. The lowest BCUT2D eigenvalue weighted by Gasteiger charge is -1.97. The number of hydrogen-bond donors (Lipinski definition) is 1. The Balaban J connectivity index is 2.07. The van der Waals surface area contributed by atoms with E-state index in [1.165, 1.54) is 0 Å². The van der Waals surface area contributed by atoms with Gasteiger partial charge in [0.05, 0.1) is 6.21 Å². The summed E-state index contributed by atoms with van der Waals surface area (Å²) in [6, 6.07) is 5.89. The van der Waals surface area contributed by atoms with Crippen LogP contribution in [0, 0.1) is 17.2 Å². The Morgan fingerprint density at radius 2 is 2.47 bits per heavy atom. The van der Waals surface area contributed by atoms with Crippen LogP contribution in [0.1, 0.15) is 30.3 Å². The number of nitrogens with zero attached hydrogens (tertiary/aromatic N) is 3. The van der Waals surface area contributed by atoms with Gasteiger partial charge in [-0.2, -0.15) is 10.4 Å². The largest absolute Gasteiger partial charge is 0.422 e. The first-order valence-corrected chi connectivity index (χ1v) is 6.79. The molecule has 0 bridgehead atoms. The maximum absolute atomic E-state index is 8.99. The molecule has 0 spiro atoms. The number of rotatable bonds is 5. The fraction of sp³-hybridized carbons (Fsp3) is 0.308. The van der Waals surface area contributed by atoms with Crippen LogP contribution in [-0.4, -0.2) is 11.2 Å². The lowest BCUT2D eigenvalue weighted by atomic mass is 10.1. The Kier molecular flexibility index (Phi) is 4.31. The highest BCUT2D eigenvalue weighted by molar-refractivity contribution is 7.11. The van der Waals surface area contributed by atoms with Gasteiger partial charge in [-0.25, -0.2) is 10.4 Å². The molecule has 2 aromatic rings. The van der Waals surface area contributed by atoms with Gasteiger partial charge in [-0.1, -0.05) is 19.9 Å². The van der Waals surface area contributed by atoms with E-state index in [1.807, 2.05) is 23.6 Å². The van der Waals surface area contributed by atoms with E-state index in [9.17, 15) is 0 Å². The van der Waals surface area contributed by atoms with E-state index in [4.69, 9.17) is 9.68 Å². The molecule has 0 aliphatic heterocycles. The first-order chi connectivity index (χ1) is 9.19. The predicted octanol–water partition coefficient (Wildman–Crippen LogP) is 3.25. The van der Waals surface area contributed by atoms with Crippen LogP contribution in [0.15, 0.2) is 27.0 Å². The van der Waals surface area contributed by atoms with Gasteiger partial charge < -0.3 is 4.42 Å². The third-order valence-electron chi connectivity index (χ3n) is 2.26. The molecule has 1 N–H and O–H groups in total. The van der Waals surface area contributed by atoms with Crippen LogP contribution in [0.5, 0.6) is 0 Å². The summed E-state index contributed by atoms with van der Waals surface area (Å²) in [6.07, 6.45) is 2.38. The fourth-order valence-corrected chi connectivity index (χ4v) is 2.06. The molecule has 0 aromatic carbocycles. The normalized spacial score (nSPS) is 11.1. The highest BCUT2D eigenvalue weighted by Crippen LogP contribution is 2.18. The van der Waals surface area contributed by atoms with Crippen LogP contribution < -0.4 is 5.43 Å². The Hall–Kier alpha value is -2.13. The number of aromatic nitrogens is 1. The standard InChI is InChI=1S/C13H14N4OS/c1-9(2)6-12-16-11(7-14)13(18-12)17-15-8-10-4-3-5-19-10/h3-5,8-9,17H,6H2,1-2H3/b15-8+. The van der Waals surface area contributed by atoms with Crippen molar-refractivity contribution in [3.63, 3.8) is 0 Å². The van der Waals surface area contributed by atoms with Crippen LogP contribution in [0.2, 0.25) is 0 Å². The monoisotopic (exact) mass is 274 g/mol.